The minimum atomic E-state index is 0.613. The second-order valence-electron chi connectivity index (χ2n) is 4.24. The Morgan fingerprint density at radius 1 is 1.25 bits per heavy atom. The first-order valence-corrected chi connectivity index (χ1v) is 6.34. The third-order valence-corrected chi connectivity index (χ3v) is 3.59. The van der Waals surface area contributed by atoms with Crippen molar-refractivity contribution in [3.05, 3.63) is 33.8 Å². The average Bonchev–Trinajstić information content (AvgIpc) is 3.06. The number of rotatable bonds is 5. The van der Waals surface area contributed by atoms with E-state index in [0.29, 0.717) is 16.6 Å². The molecule has 16 heavy (non-hydrogen) atoms. The minimum Gasteiger partial charge on any atom is -0.329 e. The molecule has 0 aliphatic heterocycles. The number of hydrogen-bond acceptors (Lipinski definition) is 2. The van der Waals surface area contributed by atoms with Gasteiger partial charge in [-0.1, -0.05) is 29.3 Å². The zero-order valence-electron chi connectivity index (χ0n) is 9.13. The SMILES string of the molecule is NCCN(Cc1ccc(Cl)c(Cl)c1)C1CC1. The Balaban J connectivity index is 2.03. The quantitative estimate of drug-likeness (QED) is 0.880. The molecule has 0 heterocycles. The van der Waals surface area contributed by atoms with Crippen LogP contribution in [0.15, 0.2) is 18.2 Å². The smallest absolute Gasteiger partial charge is 0.0595 e. The van der Waals surface area contributed by atoms with Gasteiger partial charge in [-0.3, -0.25) is 4.90 Å². The maximum Gasteiger partial charge on any atom is 0.0595 e. The van der Waals surface area contributed by atoms with E-state index in [4.69, 9.17) is 28.9 Å². The molecule has 0 aromatic heterocycles. The third kappa shape index (κ3) is 3.11. The van der Waals surface area contributed by atoms with Gasteiger partial charge in [0.15, 0.2) is 0 Å². The molecule has 1 aromatic rings. The zero-order valence-corrected chi connectivity index (χ0v) is 10.6. The van der Waals surface area contributed by atoms with Gasteiger partial charge in [0.2, 0.25) is 0 Å². The summed E-state index contributed by atoms with van der Waals surface area (Å²) >= 11 is 11.9. The van der Waals surface area contributed by atoms with Crippen molar-refractivity contribution in [2.24, 2.45) is 5.73 Å². The van der Waals surface area contributed by atoms with E-state index in [2.05, 4.69) is 4.90 Å². The van der Waals surface area contributed by atoms with Gasteiger partial charge in [0.25, 0.3) is 0 Å². The molecule has 0 amide bonds. The Morgan fingerprint density at radius 2 is 2.00 bits per heavy atom. The van der Waals surface area contributed by atoms with Gasteiger partial charge in [-0.2, -0.15) is 0 Å². The summed E-state index contributed by atoms with van der Waals surface area (Å²) in [5.41, 5.74) is 6.82. The summed E-state index contributed by atoms with van der Waals surface area (Å²) in [6.07, 6.45) is 2.59. The second-order valence-corrected chi connectivity index (χ2v) is 5.05. The minimum absolute atomic E-state index is 0.613. The van der Waals surface area contributed by atoms with Gasteiger partial charge in [-0.05, 0) is 30.5 Å². The van der Waals surface area contributed by atoms with Crippen molar-refractivity contribution in [2.45, 2.75) is 25.4 Å². The first-order chi connectivity index (χ1) is 7.70. The van der Waals surface area contributed by atoms with Gasteiger partial charge < -0.3 is 5.73 Å². The average molecular weight is 259 g/mol. The number of nitrogens with zero attached hydrogens (tertiary/aromatic N) is 1. The Labute approximate surface area is 106 Å². The van der Waals surface area contributed by atoms with Crippen LogP contribution >= 0.6 is 23.2 Å². The normalized spacial score (nSPS) is 15.8. The van der Waals surface area contributed by atoms with E-state index in [1.54, 1.807) is 0 Å². The maximum absolute atomic E-state index is 5.99. The van der Waals surface area contributed by atoms with E-state index in [9.17, 15) is 0 Å². The van der Waals surface area contributed by atoms with Crippen molar-refractivity contribution >= 4 is 23.2 Å². The van der Waals surface area contributed by atoms with Gasteiger partial charge in [0, 0.05) is 25.7 Å². The second kappa shape index (κ2) is 5.37. The van der Waals surface area contributed by atoms with Crippen molar-refractivity contribution in [1.82, 2.24) is 4.90 Å². The predicted octanol–water partition coefficient (Wildman–Crippen LogP) is 2.92. The molecule has 0 unspecified atom stereocenters. The Hall–Kier alpha value is -0.280. The van der Waals surface area contributed by atoms with Crippen molar-refractivity contribution < 1.29 is 0 Å². The molecule has 1 aromatic carbocycles. The predicted molar refractivity (Wildman–Crippen MR) is 68.9 cm³/mol. The van der Waals surface area contributed by atoms with Crippen LogP contribution in [0.4, 0.5) is 0 Å². The molecule has 0 bridgehead atoms. The monoisotopic (exact) mass is 258 g/mol. The number of benzene rings is 1. The molecule has 88 valence electrons. The van der Waals surface area contributed by atoms with Gasteiger partial charge in [-0.15, -0.1) is 0 Å². The van der Waals surface area contributed by atoms with Crippen molar-refractivity contribution in [1.29, 1.82) is 0 Å². The van der Waals surface area contributed by atoms with Crippen LogP contribution in [-0.2, 0) is 6.54 Å². The first kappa shape index (κ1) is 12.2. The summed E-state index contributed by atoms with van der Waals surface area (Å²) in [6.45, 7) is 2.57. The molecule has 0 radical (unpaired) electrons. The van der Waals surface area contributed by atoms with Crippen LogP contribution in [-0.4, -0.2) is 24.0 Å². The number of hydrogen-bond donors (Lipinski definition) is 1. The molecule has 0 saturated heterocycles. The maximum atomic E-state index is 5.99. The molecule has 2 nitrogen and oxygen atoms in total. The molecule has 0 atom stereocenters. The molecule has 4 heteroatoms. The van der Waals surface area contributed by atoms with Gasteiger partial charge >= 0.3 is 0 Å². The lowest BCUT2D eigenvalue weighted by atomic mass is 10.2. The van der Waals surface area contributed by atoms with E-state index in [1.165, 1.54) is 18.4 Å². The molecule has 1 saturated carbocycles. The van der Waals surface area contributed by atoms with E-state index >= 15 is 0 Å². The van der Waals surface area contributed by atoms with Gasteiger partial charge in [-0.25, -0.2) is 0 Å². The van der Waals surface area contributed by atoms with Crippen LogP contribution in [0, 0.1) is 0 Å². The first-order valence-electron chi connectivity index (χ1n) is 5.58. The highest BCUT2D eigenvalue weighted by Gasteiger charge is 2.28. The van der Waals surface area contributed by atoms with Crippen molar-refractivity contribution in [3.8, 4) is 0 Å². The van der Waals surface area contributed by atoms with E-state index in [0.717, 1.165) is 19.1 Å². The van der Waals surface area contributed by atoms with Crippen LogP contribution in [0.25, 0.3) is 0 Å². The molecule has 1 fully saturated rings. The van der Waals surface area contributed by atoms with Crippen LogP contribution in [0.1, 0.15) is 18.4 Å². The molecular weight excluding hydrogens is 243 g/mol. The van der Waals surface area contributed by atoms with Crippen LogP contribution in [0.3, 0.4) is 0 Å². The highest BCUT2D eigenvalue weighted by atomic mass is 35.5. The van der Waals surface area contributed by atoms with Crippen molar-refractivity contribution in [3.63, 3.8) is 0 Å². The lowest BCUT2D eigenvalue weighted by Crippen LogP contribution is -2.31. The third-order valence-electron chi connectivity index (χ3n) is 2.85. The molecule has 2 rings (SSSR count). The lowest BCUT2D eigenvalue weighted by Gasteiger charge is -2.21. The standard InChI is InChI=1S/C12H16Cl2N2/c13-11-4-1-9(7-12(11)14)8-16(6-5-15)10-2-3-10/h1,4,7,10H,2-3,5-6,8,15H2. The largest absolute Gasteiger partial charge is 0.329 e. The Morgan fingerprint density at radius 3 is 2.56 bits per heavy atom. The van der Waals surface area contributed by atoms with Gasteiger partial charge in [0.1, 0.15) is 0 Å². The van der Waals surface area contributed by atoms with E-state index in [-0.39, 0.29) is 0 Å². The van der Waals surface area contributed by atoms with Crippen LogP contribution < -0.4 is 5.73 Å². The Kier molecular flexibility index (Phi) is 4.09. The summed E-state index contributed by atoms with van der Waals surface area (Å²) in [7, 11) is 0. The highest BCUT2D eigenvalue weighted by Crippen LogP contribution is 2.29. The summed E-state index contributed by atoms with van der Waals surface area (Å²) in [6, 6.07) is 6.54. The highest BCUT2D eigenvalue weighted by molar-refractivity contribution is 6.42. The zero-order chi connectivity index (χ0) is 11.5. The molecule has 1 aliphatic rings. The van der Waals surface area contributed by atoms with Crippen LogP contribution in [0.2, 0.25) is 10.0 Å². The molecule has 0 spiro atoms. The van der Waals surface area contributed by atoms with Crippen LogP contribution in [0.5, 0.6) is 0 Å². The van der Waals surface area contributed by atoms with Gasteiger partial charge in [0.05, 0.1) is 10.0 Å². The van der Waals surface area contributed by atoms with E-state index in [1.807, 2.05) is 18.2 Å². The molecular formula is C12H16Cl2N2. The fourth-order valence-corrected chi connectivity index (χ4v) is 2.19. The number of nitrogens with two attached hydrogens (primary N) is 1. The topological polar surface area (TPSA) is 29.3 Å². The Bertz CT molecular complexity index is 364. The van der Waals surface area contributed by atoms with E-state index < -0.39 is 0 Å². The summed E-state index contributed by atoms with van der Waals surface area (Å²) in [4.78, 5) is 2.42. The molecule has 2 N–H and O–H groups in total. The summed E-state index contributed by atoms with van der Waals surface area (Å²) in [5.74, 6) is 0. The summed E-state index contributed by atoms with van der Waals surface area (Å²) in [5, 5.41) is 1.24. The fraction of sp³-hybridized carbons (Fsp3) is 0.500. The molecule has 1 aliphatic carbocycles. The fourth-order valence-electron chi connectivity index (χ4n) is 1.87. The lowest BCUT2D eigenvalue weighted by molar-refractivity contribution is 0.262. The summed E-state index contributed by atoms with van der Waals surface area (Å²) < 4.78 is 0. The number of halogens is 2. The van der Waals surface area contributed by atoms with Crippen molar-refractivity contribution in [2.75, 3.05) is 13.1 Å².